The minimum absolute atomic E-state index is 0.00202. The Morgan fingerprint density at radius 2 is 1.67 bits per heavy atom. The number of nitrogens with zero attached hydrogens (tertiary/aromatic N) is 5. The average molecular weight is 458 g/mol. The number of hydrogen-bond donors (Lipinski definition) is 0. The van der Waals surface area contributed by atoms with Gasteiger partial charge in [-0.3, -0.25) is 14.7 Å². The molecule has 4 aromatic rings. The van der Waals surface area contributed by atoms with Crippen LogP contribution in [-0.2, 0) is 6.54 Å². The van der Waals surface area contributed by atoms with Gasteiger partial charge in [0.2, 0.25) is 0 Å². The van der Waals surface area contributed by atoms with Crippen LogP contribution in [0.5, 0.6) is 0 Å². The lowest BCUT2D eigenvalue weighted by atomic mass is 10.1. The van der Waals surface area contributed by atoms with Crippen molar-refractivity contribution in [2.24, 2.45) is 0 Å². The van der Waals surface area contributed by atoms with Crippen LogP contribution in [0.25, 0.3) is 16.9 Å². The van der Waals surface area contributed by atoms with E-state index in [9.17, 15) is 4.79 Å². The van der Waals surface area contributed by atoms with Gasteiger partial charge >= 0.3 is 0 Å². The van der Waals surface area contributed by atoms with Crippen LogP contribution in [0, 0.1) is 0 Å². The van der Waals surface area contributed by atoms with E-state index >= 15 is 0 Å². The van der Waals surface area contributed by atoms with Crippen molar-refractivity contribution in [3.63, 3.8) is 0 Å². The SMILES string of the molecule is O=C(c1cn(-c2ccccc2)nc1-c1cccnc1)N1CCN(Cc2ccc(Cl)cc2)CC1. The highest BCUT2D eigenvalue weighted by Gasteiger charge is 2.26. The lowest BCUT2D eigenvalue weighted by Crippen LogP contribution is -2.48. The first-order valence-electron chi connectivity index (χ1n) is 11.0. The van der Waals surface area contributed by atoms with Crippen molar-refractivity contribution < 1.29 is 4.79 Å². The van der Waals surface area contributed by atoms with E-state index in [1.54, 1.807) is 17.1 Å². The minimum Gasteiger partial charge on any atom is -0.336 e. The van der Waals surface area contributed by atoms with Crippen LogP contribution in [0.4, 0.5) is 0 Å². The van der Waals surface area contributed by atoms with E-state index in [1.165, 1.54) is 5.56 Å². The van der Waals surface area contributed by atoms with Crippen molar-refractivity contribution in [1.82, 2.24) is 24.6 Å². The molecule has 1 fully saturated rings. The van der Waals surface area contributed by atoms with Crippen LogP contribution in [0.15, 0.2) is 85.3 Å². The molecule has 0 radical (unpaired) electrons. The molecule has 1 aliphatic rings. The Bertz CT molecular complexity index is 1220. The molecule has 0 N–H and O–H groups in total. The Labute approximate surface area is 198 Å². The smallest absolute Gasteiger partial charge is 0.257 e. The molecule has 0 atom stereocenters. The van der Waals surface area contributed by atoms with E-state index in [2.05, 4.69) is 22.0 Å². The topological polar surface area (TPSA) is 54.3 Å². The quantitative estimate of drug-likeness (QED) is 0.441. The summed E-state index contributed by atoms with van der Waals surface area (Å²) in [5, 5.41) is 5.50. The van der Waals surface area contributed by atoms with Crippen LogP contribution in [0.3, 0.4) is 0 Å². The molecule has 0 unspecified atom stereocenters. The molecule has 6 nitrogen and oxygen atoms in total. The van der Waals surface area contributed by atoms with E-state index in [4.69, 9.17) is 16.7 Å². The molecule has 1 aliphatic heterocycles. The molecule has 166 valence electrons. The molecule has 2 aromatic heterocycles. The molecule has 2 aromatic carbocycles. The van der Waals surface area contributed by atoms with Gasteiger partial charge in [0, 0.05) is 61.9 Å². The van der Waals surface area contributed by atoms with E-state index in [-0.39, 0.29) is 5.91 Å². The molecule has 3 heterocycles. The molecule has 33 heavy (non-hydrogen) atoms. The molecular weight excluding hydrogens is 434 g/mol. The number of amides is 1. The number of hydrogen-bond acceptors (Lipinski definition) is 4. The molecular formula is C26H24ClN5O. The number of halogens is 1. The van der Waals surface area contributed by atoms with Crippen molar-refractivity contribution in [3.8, 4) is 16.9 Å². The van der Waals surface area contributed by atoms with Gasteiger partial charge in [-0.1, -0.05) is 41.9 Å². The number of benzene rings is 2. The monoisotopic (exact) mass is 457 g/mol. The Hall–Kier alpha value is -3.48. The lowest BCUT2D eigenvalue weighted by Gasteiger charge is -2.34. The first-order valence-corrected chi connectivity index (χ1v) is 11.4. The van der Waals surface area contributed by atoms with Crippen LogP contribution in [0.2, 0.25) is 5.02 Å². The number of aromatic nitrogens is 3. The van der Waals surface area contributed by atoms with Gasteiger partial charge in [0.15, 0.2) is 0 Å². The third kappa shape index (κ3) is 4.82. The second kappa shape index (κ2) is 9.57. The summed E-state index contributed by atoms with van der Waals surface area (Å²) in [7, 11) is 0. The van der Waals surface area contributed by atoms with Crippen LogP contribution >= 0.6 is 11.6 Å². The molecule has 1 saturated heterocycles. The number of rotatable bonds is 5. The van der Waals surface area contributed by atoms with Gasteiger partial charge in [-0.2, -0.15) is 5.10 Å². The van der Waals surface area contributed by atoms with Gasteiger partial charge < -0.3 is 4.90 Å². The number of carbonyl (C=O) groups is 1. The first kappa shape index (κ1) is 21.4. The zero-order valence-electron chi connectivity index (χ0n) is 18.1. The predicted octanol–water partition coefficient (Wildman–Crippen LogP) is 4.55. The highest BCUT2D eigenvalue weighted by atomic mass is 35.5. The Kier molecular flexibility index (Phi) is 6.19. The average Bonchev–Trinajstić information content (AvgIpc) is 3.32. The molecule has 0 spiro atoms. The fourth-order valence-corrected chi connectivity index (χ4v) is 4.21. The standard InChI is InChI=1S/C26H24ClN5O/c27-22-10-8-20(9-11-22)18-30-13-15-31(16-14-30)26(33)24-19-32(23-6-2-1-3-7-23)29-25(24)21-5-4-12-28-17-21/h1-12,17,19H,13-16,18H2. The fraction of sp³-hybridized carbons (Fsp3) is 0.192. The van der Waals surface area contributed by atoms with Crippen molar-refractivity contribution in [2.75, 3.05) is 26.2 Å². The number of piperazine rings is 1. The molecule has 1 amide bonds. The molecule has 0 aliphatic carbocycles. The largest absolute Gasteiger partial charge is 0.336 e. The van der Waals surface area contributed by atoms with E-state index in [0.717, 1.165) is 35.9 Å². The molecule has 0 bridgehead atoms. The van der Waals surface area contributed by atoms with Gasteiger partial charge in [0.25, 0.3) is 5.91 Å². The van der Waals surface area contributed by atoms with Crippen molar-refractivity contribution in [3.05, 3.63) is 101 Å². The maximum atomic E-state index is 13.6. The van der Waals surface area contributed by atoms with Gasteiger partial charge in [-0.25, -0.2) is 4.68 Å². The van der Waals surface area contributed by atoms with Gasteiger partial charge in [-0.05, 0) is 42.0 Å². The summed E-state index contributed by atoms with van der Waals surface area (Å²) in [6, 6.07) is 21.6. The molecule has 0 saturated carbocycles. The van der Waals surface area contributed by atoms with Crippen molar-refractivity contribution in [2.45, 2.75) is 6.54 Å². The summed E-state index contributed by atoms with van der Waals surface area (Å²) in [4.78, 5) is 22.1. The summed E-state index contributed by atoms with van der Waals surface area (Å²) in [5.41, 5.74) is 4.21. The van der Waals surface area contributed by atoms with Gasteiger partial charge in [-0.15, -0.1) is 0 Å². The summed E-state index contributed by atoms with van der Waals surface area (Å²) in [6.45, 7) is 3.85. The Balaban J connectivity index is 1.35. The predicted molar refractivity (Wildman–Crippen MR) is 129 cm³/mol. The first-order chi connectivity index (χ1) is 16.2. The zero-order chi connectivity index (χ0) is 22.6. The second-order valence-corrected chi connectivity index (χ2v) is 8.54. The molecule has 7 heteroatoms. The lowest BCUT2D eigenvalue weighted by molar-refractivity contribution is 0.0629. The highest BCUT2D eigenvalue weighted by molar-refractivity contribution is 6.30. The maximum absolute atomic E-state index is 13.6. The normalized spacial score (nSPS) is 14.4. The van der Waals surface area contributed by atoms with Gasteiger partial charge in [0.1, 0.15) is 5.69 Å². The van der Waals surface area contributed by atoms with Crippen molar-refractivity contribution in [1.29, 1.82) is 0 Å². The Morgan fingerprint density at radius 3 is 2.36 bits per heavy atom. The third-order valence-electron chi connectivity index (χ3n) is 5.88. The minimum atomic E-state index is 0.00202. The maximum Gasteiger partial charge on any atom is 0.257 e. The van der Waals surface area contributed by atoms with Crippen LogP contribution in [-0.4, -0.2) is 56.7 Å². The summed E-state index contributed by atoms with van der Waals surface area (Å²) in [5.74, 6) is 0.00202. The van der Waals surface area contributed by atoms with E-state index in [1.807, 2.05) is 65.7 Å². The third-order valence-corrected chi connectivity index (χ3v) is 6.13. The summed E-state index contributed by atoms with van der Waals surface area (Å²) in [6.07, 6.45) is 5.30. The highest BCUT2D eigenvalue weighted by Crippen LogP contribution is 2.25. The Morgan fingerprint density at radius 1 is 0.909 bits per heavy atom. The van der Waals surface area contributed by atoms with Crippen molar-refractivity contribution >= 4 is 17.5 Å². The number of para-hydroxylation sites is 1. The summed E-state index contributed by atoms with van der Waals surface area (Å²) < 4.78 is 1.77. The number of carbonyl (C=O) groups excluding carboxylic acids is 1. The van der Waals surface area contributed by atoms with E-state index < -0.39 is 0 Å². The van der Waals surface area contributed by atoms with Crippen LogP contribution in [0.1, 0.15) is 15.9 Å². The zero-order valence-corrected chi connectivity index (χ0v) is 18.9. The summed E-state index contributed by atoms with van der Waals surface area (Å²) >= 11 is 6.00. The number of pyridine rings is 1. The van der Waals surface area contributed by atoms with Gasteiger partial charge in [0.05, 0.1) is 11.3 Å². The molecule has 5 rings (SSSR count). The second-order valence-electron chi connectivity index (χ2n) is 8.11. The van der Waals surface area contributed by atoms with E-state index in [0.29, 0.717) is 24.3 Å². The van der Waals surface area contributed by atoms with Crippen LogP contribution < -0.4 is 0 Å². The fourth-order valence-electron chi connectivity index (χ4n) is 4.09.